The quantitative estimate of drug-likeness (QED) is 0.162. The van der Waals surface area contributed by atoms with E-state index in [2.05, 4.69) is 16.0 Å². The SMILES string of the molecule is O=C(CC1CC1)Nc1c(F)ccc(NC(=O)c2cc(NC(=O)[C@H]3[C@H](c4cc(Cl)c(Cl)c(Cl)c4)C3(Cl)Cl)ccc2Cl)c1F. The molecule has 42 heavy (non-hydrogen) atoms. The van der Waals surface area contributed by atoms with Gasteiger partial charge in [0, 0.05) is 18.0 Å². The van der Waals surface area contributed by atoms with Crippen LogP contribution in [0.2, 0.25) is 20.1 Å². The fourth-order valence-corrected chi connectivity index (χ4v) is 6.19. The van der Waals surface area contributed by atoms with Crippen molar-refractivity contribution < 1.29 is 23.2 Å². The Hall–Kier alpha value is -2.33. The number of nitrogens with one attached hydrogen (secondary N) is 3. The predicted octanol–water partition coefficient (Wildman–Crippen LogP) is 9.10. The van der Waals surface area contributed by atoms with E-state index < -0.39 is 51.2 Å². The maximum atomic E-state index is 15.1. The zero-order chi connectivity index (χ0) is 30.5. The van der Waals surface area contributed by atoms with Crippen LogP contribution >= 0.6 is 69.6 Å². The highest BCUT2D eigenvalue weighted by atomic mass is 35.5. The zero-order valence-corrected chi connectivity index (χ0v) is 25.7. The first-order valence-electron chi connectivity index (χ1n) is 12.5. The van der Waals surface area contributed by atoms with Crippen molar-refractivity contribution in [2.24, 2.45) is 11.8 Å². The van der Waals surface area contributed by atoms with E-state index in [9.17, 15) is 18.8 Å². The summed E-state index contributed by atoms with van der Waals surface area (Å²) >= 11 is 37.3. The number of carbonyl (C=O) groups excluding carboxylic acids is 3. The number of rotatable bonds is 8. The minimum Gasteiger partial charge on any atom is -0.326 e. The van der Waals surface area contributed by atoms with E-state index in [4.69, 9.17) is 69.6 Å². The molecule has 0 radical (unpaired) electrons. The molecule has 2 saturated carbocycles. The molecule has 3 amide bonds. The van der Waals surface area contributed by atoms with Crippen molar-refractivity contribution in [2.75, 3.05) is 16.0 Å². The smallest absolute Gasteiger partial charge is 0.257 e. The van der Waals surface area contributed by atoms with Gasteiger partial charge in [0.25, 0.3) is 5.91 Å². The molecule has 0 spiro atoms. The van der Waals surface area contributed by atoms with E-state index in [0.717, 1.165) is 25.0 Å². The lowest BCUT2D eigenvalue weighted by Crippen LogP contribution is -2.19. The van der Waals surface area contributed by atoms with Crippen LogP contribution in [-0.4, -0.2) is 22.1 Å². The summed E-state index contributed by atoms with van der Waals surface area (Å²) in [6, 6.07) is 9.05. The van der Waals surface area contributed by atoms with Crippen LogP contribution in [0.3, 0.4) is 0 Å². The number of hydrogen-bond acceptors (Lipinski definition) is 3. The first-order valence-corrected chi connectivity index (χ1v) is 14.8. The lowest BCUT2D eigenvalue weighted by atomic mass is 10.1. The maximum absolute atomic E-state index is 15.1. The fraction of sp³-hybridized carbons (Fsp3) is 0.250. The summed E-state index contributed by atoms with van der Waals surface area (Å²) in [7, 11) is 0. The Morgan fingerprint density at radius 2 is 1.52 bits per heavy atom. The molecule has 2 atom stereocenters. The molecule has 14 heteroatoms. The Balaban J connectivity index is 1.30. The molecule has 6 nitrogen and oxygen atoms in total. The molecule has 3 aromatic carbocycles. The minimum absolute atomic E-state index is 0.00948. The summed E-state index contributed by atoms with van der Waals surface area (Å²) < 4.78 is 27.9. The van der Waals surface area contributed by atoms with Crippen LogP contribution < -0.4 is 16.0 Å². The zero-order valence-electron chi connectivity index (χ0n) is 21.1. The number of carbonyl (C=O) groups is 3. The van der Waals surface area contributed by atoms with Crippen LogP contribution in [0.4, 0.5) is 25.8 Å². The molecule has 0 unspecified atom stereocenters. The highest BCUT2D eigenvalue weighted by Crippen LogP contribution is 2.65. The van der Waals surface area contributed by atoms with Gasteiger partial charge < -0.3 is 16.0 Å². The van der Waals surface area contributed by atoms with Gasteiger partial charge in [-0.2, -0.15) is 0 Å². The standard InChI is InChI=1S/C28H19Cl6F2N3O3/c29-15-4-3-13(37-27(42)22-21(28(22,33)34)12-8-16(30)23(32)17(31)9-12)10-14(15)26(41)38-19-6-5-18(35)25(24(19)36)39-20(40)7-11-1-2-11/h3-6,8-11,21-22H,1-2,7H2,(H,37,42)(H,38,41)(H,39,40)/t21-,22+/m0/s1. The highest BCUT2D eigenvalue weighted by Gasteiger charge is 2.67. The molecule has 3 aromatic rings. The molecule has 0 aliphatic heterocycles. The van der Waals surface area contributed by atoms with Gasteiger partial charge in [-0.15, -0.1) is 23.2 Å². The summed E-state index contributed by atoms with van der Waals surface area (Å²) in [5.41, 5.74) is -0.490. The molecule has 0 saturated heterocycles. The van der Waals surface area contributed by atoms with E-state index in [0.29, 0.717) is 5.56 Å². The van der Waals surface area contributed by atoms with Crippen molar-refractivity contribution in [3.05, 3.63) is 85.3 Å². The molecule has 0 heterocycles. The molecule has 3 N–H and O–H groups in total. The van der Waals surface area contributed by atoms with Crippen molar-refractivity contribution in [2.45, 2.75) is 29.5 Å². The molecule has 2 aliphatic rings. The molecular formula is C28H19Cl6F2N3O3. The van der Waals surface area contributed by atoms with Crippen molar-refractivity contribution in [3.63, 3.8) is 0 Å². The number of halogens is 8. The third-order valence-corrected chi connectivity index (χ3v) is 9.42. The van der Waals surface area contributed by atoms with Crippen molar-refractivity contribution in [1.82, 2.24) is 0 Å². The molecule has 2 aliphatic carbocycles. The molecule has 0 bridgehead atoms. The normalized spacial score (nSPS) is 18.8. The first-order chi connectivity index (χ1) is 19.8. The third-order valence-electron chi connectivity index (χ3n) is 6.95. The van der Waals surface area contributed by atoms with E-state index in [-0.39, 0.29) is 49.4 Å². The Morgan fingerprint density at radius 1 is 0.857 bits per heavy atom. The van der Waals surface area contributed by atoms with Crippen LogP contribution in [-0.2, 0) is 9.59 Å². The maximum Gasteiger partial charge on any atom is 0.257 e. The monoisotopic (exact) mass is 693 g/mol. The van der Waals surface area contributed by atoms with E-state index in [1.807, 2.05) is 0 Å². The Morgan fingerprint density at radius 3 is 2.17 bits per heavy atom. The molecule has 220 valence electrons. The van der Waals surface area contributed by atoms with Crippen LogP contribution in [0.5, 0.6) is 0 Å². The molecule has 2 fully saturated rings. The largest absolute Gasteiger partial charge is 0.326 e. The fourth-order valence-electron chi connectivity index (χ4n) is 4.55. The van der Waals surface area contributed by atoms with Gasteiger partial charge in [-0.05, 0) is 66.8 Å². The van der Waals surface area contributed by atoms with Gasteiger partial charge in [0.05, 0.1) is 37.3 Å². The van der Waals surface area contributed by atoms with Crippen LogP contribution in [0.25, 0.3) is 0 Å². The average molecular weight is 696 g/mol. The average Bonchev–Trinajstić information content (AvgIpc) is 3.83. The lowest BCUT2D eigenvalue weighted by molar-refractivity contribution is -0.117. The van der Waals surface area contributed by atoms with Crippen molar-refractivity contribution in [1.29, 1.82) is 0 Å². The van der Waals surface area contributed by atoms with Gasteiger partial charge in [-0.25, -0.2) is 8.78 Å². The Kier molecular flexibility index (Phi) is 8.87. The Labute approximate surface area is 268 Å². The lowest BCUT2D eigenvalue weighted by Gasteiger charge is -2.13. The molecule has 5 rings (SSSR count). The highest BCUT2D eigenvalue weighted by molar-refractivity contribution is 6.54. The van der Waals surface area contributed by atoms with Gasteiger partial charge in [0.2, 0.25) is 11.8 Å². The second kappa shape index (κ2) is 12.0. The Bertz CT molecular complexity index is 1610. The summed E-state index contributed by atoms with van der Waals surface area (Å²) in [5, 5.41) is 7.70. The van der Waals surface area contributed by atoms with Gasteiger partial charge in [0.15, 0.2) is 5.82 Å². The van der Waals surface area contributed by atoms with Crippen LogP contribution in [0.1, 0.15) is 41.1 Å². The van der Waals surface area contributed by atoms with Crippen LogP contribution in [0, 0.1) is 23.5 Å². The van der Waals surface area contributed by atoms with Gasteiger partial charge in [-0.3, -0.25) is 14.4 Å². The minimum atomic E-state index is -1.47. The van der Waals surface area contributed by atoms with Gasteiger partial charge in [0.1, 0.15) is 15.8 Å². The summed E-state index contributed by atoms with van der Waals surface area (Å²) in [5.74, 6) is -5.42. The van der Waals surface area contributed by atoms with E-state index in [1.54, 1.807) is 0 Å². The van der Waals surface area contributed by atoms with Crippen molar-refractivity contribution in [3.8, 4) is 0 Å². The first kappa shape index (κ1) is 31.1. The third kappa shape index (κ3) is 6.44. The summed E-state index contributed by atoms with van der Waals surface area (Å²) in [6.45, 7) is 0. The number of benzene rings is 3. The topological polar surface area (TPSA) is 87.3 Å². The number of anilines is 3. The molecule has 0 aromatic heterocycles. The second-order valence-corrected chi connectivity index (χ2v) is 13.1. The van der Waals surface area contributed by atoms with Gasteiger partial charge >= 0.3 is 0 Å². The second-order valence-electron chi connectivity index (χ2n) is 10.0. The molecular weight excluding hydrogens is 677 g/mol. The van der Waals surface area contributed by atoms with Gasteiger partial charge in [-0.1, -0.05) is 46.4 Å². The van der Waals surface area contributed by atoms with Crippen molar-refractivity contribution >= 4 is 104 Å². The van der Waals surface area contributed by atoms with E-state index >= 15 is 4.39 Å². The number of amides is 3. The summed E-state index contributed by atoms with van der Waals surface area (Å²) in [6.07, 6.45) is 1.93. The predicted molar refractivity (Wildman–Crippen MR) is 163 cm³/mol. The summed E-state index contributed by atoms with van der Waals surface area (Å²) in [4.78, 5) is 38.3. The van der Waals surface area contributed by atoms with E-state index in [1.165, 1.54) is 30.3 Å². The number of hydrogen-bond donors (Lipinski definition) is 3. The number of alkyl halides is 2. The van der Waals surface area contributed by atoms with Crippen LogP contribution in [0.15, 0.2) is 42.5 Å².